The fourth-order valence-electron chi connectivity index (χ4n) is 0.120. The van der Waals surface area contributed by atoms with E-state index in [1.165, 1.54) is 0 Å². The van der Waals surface area contributed by atoms with Crippen LogP contribution in [0.1, 0.15) is 0 Å². The smallest absolute Gasteiger partial charge is 0.203 e. The van der Waals surface area contributed by atoms with E-state index in [-0.39, 0.29) is 0 Å². The van der Waals surface area contributed by atoms with Crippen molar-refractivity contribution in [2.75, 3.05) is 6.26 Å². The van der Waals surface area contributed by atoms with E-state index in [0.29, 0.717) is 6.26 Å². The van der Waals surface area contributed by atoms with E-state index < -0.39 is 16.3 Å². The first-order valence-electron chi connectivity index (χ1n) is 1.91. The van der Waals surface area contributed by atoms with E-state index in [9.17, 15) is 21.6 Å². The molecule has 0 aromatic carbocycles. The first-order valence-corrected chi connectivity index (χ1v) is 3.76. The van der Waals surface area contributed by atoms with Gasteiger partial charge in [-0.1, -0.05) is 9.63 Å². The standard InChI is InChI=1S/C2H3F3N2O2S/c1-10(8,9)7-6-2(3,4)5/h1H3/b7-6+. The van der Waals surface area contributed by atoms with Crippen LogP contribution in [0.5, 0.6) is 0 Å². The maximum Gasteiger partial charge on any atom is 0.521 e. The molecule has 0 radical (unpaired) electrons. The first-order chi connectivity index (χ1) is 4.21. The summed E-state index contributed by atoms with van der Waals surface area (Å²) >= 11 is 0. The number of sulfonamides is 1. The Morgan fingerprint density at radius 1 is 1.30 bits per heavy atom. The molecule has 0 aromatic rings. The molecule has 0 N–H and O–H groups in total. The van der Waals surface area contributed by atoms with Gasteiger partial charge in [-0.2, -0.15) is 0 Å². The Morgan fingerprint density at radius 3 is 1.80 bits per heavy atom. The van der Waals surface area contributed by atoms with E-state index in [1.807, 2.05) is 4.52 Å². The summed E-state index contributed by atoms with van der Waals surface area (Å²) in [5.74, 6) is 0. The molecule has 4 nitrogen and oxygen atoms in total. The molecule has 0 spiro atoms. The third-order valence-corrected chi connectivity index (χ3v) is 0.681. The highest BCUT2D eigenvalue weighted by Gasteiger charge is 2.27. The van der Waals surface area contributed by atoms with Crippen molar-refractivity contribution >= 4 is 10.0 Å². The maximum absolute atomic E-state index is 11.1. The van der Waals surface area contributed by atoms with Crippen LogP contribution in [0.2, 0.25) is 0 Å². The van der Waals surface area contributed by atoms with Gasteiger partial charge in [-0.05, 0) is 0 Å². The van der Waals surface area contributed by atoms with Crippen LogP contribution in [0, 0.1) is 0 Å². The first kappa shape index (κ1) is 9.34. The molecular formula is C2H3F3N2O2S. The number of hydrogen-bond donors (Lipinski definition) is 0. The number of halogens is 3. The van der Waals surface area contributed by atoms with E-state index in [2.05, 4.69) is 0 Å². The summed E-state index contributed by atoms with van der Waals surface area (Å²) in [5, 5.41) is 1.56. The van der Waals surface area contributed by atoms with Crippen LogP contribution in [-0.4, -0.2) is 21.0 Å². The van der Waals surface area contributed by atoms with Crippen LogP contribution in [-0.2, 0) is 10.0 Å². The fourth-order valence-corrected chi connectivity index (χ4v) is 0.361. The van der Waals surface area contributed by atoms with Crippen molar-refractivity contribution in [1.29, 1.82) is 0 Å². The number of alkyl halides is 3. The highest BCUT2D eigenvalue weighted by Crippen LogP contribution is 2.16. The third kappa shape index (κ3) is 7.34. The summed E-state index contributed by atoms with van der Waals surface area (Å²) < 4.78 is 55.0. The highest BCUT2D eigenvalue weighted by molar-refractivity contribution is 7.89. The molecule has 0 aliphatic carbocycles. The number of hydrogen-bond acceptors (Lipinski definition) is 3. The third-order valence-electron chi connectivity index (χ3n) is 0.303. The molecule has 0 fully saturated rings. The molecule has 0 unspecified atom stereocenters. The van der Waals surface area contributed by atoms with Crippen LogP contribution in [0.15, 0.2) is 9.63 Å². The SMILES string of the molecule is CS(=O)(=O)/N=N/C(F)(F)F. The van der Waals surface area contributed by atoms with Gasteiger partial charge in [0.05, 0.1) is 6.26 Å². The quantitative estimate of drug-likeness (QED) is 0.440. The van der Waals surface area contributed by atoms with E-state index >= 15 is 0 Å². The Bertz CT molecular complexity index is 227. The molecule has 0 atom stereocenters. The van der Waals surface area contributed by atoms with Crippen molar-refractivity contribution < 1.29 is 21.6 Å². The molecule has 10 heavy (non-hydrogen) atoms. The van der Waals surface area contributed by atoms with Gasteiger partial charge in [-0.3, -0.25) is 0 Å². The van der Waals surface area contributed by atoms with Crippen LogP contribution in [0.3, 0.4) is 0 Å². The topological polar surface area (TPSA) is 58.9 Å². The van der Waals surface area contributed by atoms with Crippen LogP contribution in [0.4, 0.5) is 13.2 Å². The molecule has 0 saturated carbocycles. The Labute approximate surface area is 54.8 Å². The second kappa shape index (κ2) is 2.52. The predicted molar refractivity (Wildman–Crippen MR) is 25.8 cm³/mol. The van der Waals surface area contributed by atoms with Crippen LogP contribution >= 0.6 is 0 Å². The zero-order valence-electron chi connectivity index (χ0n) is 4.75. The predicted octanol–water partition coefficient (Wildman–Crippen LogP) is 0.918. The largest absolute Gasteiger partial charge is 0.521 e. The lowest BCUT2D eigenvalue weighted by Crippen LogP contribution is -2.02. The van der Waals surface area contributed by atoms with E-state index in [1.54, 1.807) is 5.11 Å². The van der Waals surface area contributed by atoms with E-state index in [4.69, 9.17) is 0 Å². The van der Waals surface area contributed by atoms with Gasteiger partial charge in [0.15, 0.2) is 0 Å². The van der Waals surface area contributed by atoms with Crippen molar-refractivity contribution in [3.63, 3.8) is 0 Å². The van der Waals surface area contributed by atoms with Crippen molar-refractivity contribution in [3.8, 4) is 0 Å². The van der Waals surface area contributed by atoms with Crippen molar-refractivity contribution in [2.45, 2.75) is 6.30 Å². The maximum atomic E-state index is 11.1. The molecule has 0 aliphatic heterocycles. The van der Waals surface area contributed by atoms with Crippen molar-refractivity contribution in [3.05, 3.63) is 0 Å². The molecule has 0 aromatic heterocycles. The van der Waals surface area contributed by atoms with Gasteiger partial charge in [-0.25, -0.2) is 8.42 Å². The zero-order chi connectivity index (χ0) is 8.41. The number of rotatable bonds is 1. The van der Waals surface area contributed by atoms with Crippen molar-refractivity contribution in [1.82, 2.24) is 0 Å². The summed E-state index contributed by atoms with van der Waals surface area (Å²) in [6, 6.07) is 0. The van der Waals surface area contributed by atoms with Crippen molar-refractivity contribution in [2.24, 2.45) is 9.63 Å². The zero-order valence-corrected chi connectivity index (χ0v) is 5.57. The van der Waals surface area contributed by atoms with Gasteiger partial charge in [0, 0.05) is 0 Å². The summed E-state index contributed by atoms with van der Waals surface area (Å²) in [6.45, 7) is 0. The Morgan fingerprint density at radius 2 is 1.70 bits per heavy atom. The summed E-state index contributed by atoms with van der Waals surface area (Å²) in [6.07, 6.45) is -4.40. The van der Waals surface area contributed by atoms with Gasteiger partial charge < -0.3 is 0 Å². The summed E-state index contributed by atoms with van der Waals surface area (Å²) in [5.41, 5.74) is 0. The average molecular weight is 176 g/mol. The van der Waals surface area contributed by atoms with Gasteiger partial charge in [0.25, 0.3) is 10.0 Å². The lowest BCUT2D eigenvalue weighted by Gasteiger charge is -1.92. The molecule has 60 valence electrons. The lowest BCUT2D eigenvalue weighted by molar-refractivity contribution is -0.124. The monoisotopic (exact) mass is 176 g/mol. The van der Waals surface area contributed by atoms with Gasteiger partial charge >= 0.3 is 6.30 Å². The normalized spacial score (nSPS) is 14.4. The summed E-state index contributed by atoms with van der Waals surface area (Å²) in [4.78, 5) is 0. The molecule has 0 heterocycles. The molecule has 8 heteroatoms. The Hall–Kier alpha value is -0.660. The van der Waals surface area contributed by atoms with Crippen LogP contribution < -0.4 is 0 Å². The van der Waals surface area contributed by atoms with Crippen LogP contribution in [0.25, 0.3) is 0 Å². The lowest BCUT2D eigenvalue weighted by atomic mass is 11.2. The molecule has 0 rings (SSSR count). The fraction of sp³-hybridized carbons (Fsp3) is 1.00. The second-order valence-electron chi connectivity index (χ2n) is 1.38. The molecule has 0 saturated heterocycles. The highest BCUT2D eigenvalue weighted by atomic mass is 32.2. The minimum Gasteiger partial charge on any atom is -0.203 e. The average Bonchev–Trinajstić information content (AvgIpc) is 1.57. The van der Waals surface area contributed by atoms with Gasteiger partial charge in [0.2, 0.25) is 0 Å². The van der Waals surface area contributed by atoms with E-state index in [0.717, 1.165) is 0 Å². The Kier molecular flexibility index (Phi) is 2.36. The molecule has 0 amide bonds. The summed E-state index contributed by atoms with van der Waals surface area (Å²) in [7, 11) is -4.02. The minimum absolute atomic E-state index is 0.516. The molecule has 0 aliphatic rings. The van der Waals surface area contributed by atoms with Gasteiger partial charge in [-0.15, -0.1) is 13.2 Å². The second-order valence-corrected chi connectivity index (χ2v) is 3.01. The molecule has 0 bridgehead atoms. The Balaban J connectivity index is 4.31. The molecular weight excluding hydrogens is 173 g/mol. The number of nitrogens with zero attached hydrogens (tertiary/aromatic N) is 2. The van der Waals surface area contributed by atoms with Gasteiger partial charge in [0.1, 0.15) is 0 Å². The minimum atomic E-state index is -4.91.